The van der Waals surface area contributed by atoms with Gasteiger partial charge in [-0.2, -0.15) is 0 Å². The second-order valence-electron chi connectivity index (χ2n) is 6.94. The maximum Gasteiger partial charge on any atom is 0.573 e. The number of aryl methyl sites for hydroxylation is 2. The molecular weight excluding hydrogens is 397 g/mol. The van der Waals surface area contributed by atoms with Gasteiger partial charge in [0.15, 0.2) is 5.76 Å². The number of aromatic nitrogens is 1. The second kappa shape index (κ2) is 9.02. The van der Waals surface area contributed by atoms with Crippen molar-refractivity contribution in [2.45, 2.75) is 39.1 Å². The van der Waals surface area contributed by atoms with Gasteiger partial charge >= 0.3 is 6.36 Å². The van der Waals surface area contributed by atoms with E-state index in [1.807, 2.05) is 37.3 Å². The van der Waals surface area contributed by atoms with E-state index in [1.54, 1.807) is 6.92 Å². The molecule has 0 saturated heterocycles. The van der Waals surface area contributed by atoms with E-state index in [-0.39, 0.29) is 29.0 Å². The molecule has 0 aliphatic carbocycles. The van der Waals surface area contributed by atoms with E-state index in [0.29, 0.717) is 11.3 Å². The van der Waals surface area contributed by atoms with Gasteiger partial charge in [0.2, 0.25) is 0 Å². The highest BCUT2D eigenvalue weighted by Gasteiger charge is 2.31. The van der Waals surface area contributed by atoms with Crippen LogP contribution in [0, 0.1) is 6.92 Å². The Kier molecular flexibility index (Phi) is 6.44. The third kappa shape index (κ3) is 5.62. The number of amides is 1. The van der Waals surface area contributed by atoms with E-state index in [0.717, 1.165) is 25.0 Å². The third-order valence-corrected chi connectivity index (χ3v) is 4.53. The summed E-state index contributed by atoms with van der Waals surface area (Å²) in [6, 6.07) is 14.9. The largest absolute Gasteiger partial charge is 0.573 e. The molecule has 158 valence electrons. The summed E-state index contributed by atoms with van der Waals surface area (Å²) in [5.41, 5.74) is 2.26. The fourth-order valence-corrected chi connectivity index (χ4v) is 3.04. The molecule has 0 bridgehead atoms. The summed E-state index contributed by atoms with van der Waals surface area (Å²) in [4.78, 5) is 12.8. The fraction of sp³-hybridized carbons (Fsp3) is 0.273. The summed E-state index contributed by atoms with van der Waals surface area (Å²) in [5, 5.41) is 6.78. The highest BCUT2D eigenvalue weighted by molar-refractivity contribution is 6.00. The van der Waals surface area contributed by atoms with Crippen LogP contribution in [-0.4, -0.2) is 23.5 Å². The Balaban J connectivity index is 1.69. The summed E-state index contributed by atoms with van der Waals surface area (Å²) < 4.78 is 46.1. The zero-order valence-electron chi connectivity index (χ0n) is 16.5. The second-order valence-corrected chi connectivity index (χ2v) is 6.94. The average Bonchev–Trinajstić information content (AvgIpc) is 3.08. The molecule has 3 aromatic rings. The number of rotatable bonds is 7. The molecule has 5 nitrogen and oxygen atoms in total. The van der Waals surface area contributed by atoms with Gasteiger partial charge in [0.05, 0.1) is 5.69 Å². The van der Waals surface area contributed by atoms with Crippen molar-refractivity contribution in [3.8, 4) is 17.1 Å². The van der Waals surface area contributed by atoms with Gasteiger partial charge < -0.3 is 14.6 Å². The zero-order valence-corrected chi connectivity index (χ0v) is 16.5. The Morgan fingerprint density at radius 3 is 2.43 bits per heavy atom. The minimum absolute atomic E-state index is 0.0950. The first-order valence-corrected chi connectivity index (χ1v) is 9.40. The number of hydrogen-bond donors (Lipinski definition) is 1. The number of benzene rings is 2. The molecule has 0 saturated carbocycles. The Hall–Kier alpha value is -3.29. The van der Waals surface area contributed by atoms with Crippen molar-refractivity contribution in [3.05, 3.63) is 71.4 Å². The van der Waals surface area contributed by atoms with Crippen molar-refractivity contribution in [1.29, 1.82) is 0 Å². The van der Waals surface area contributed by atoms with Crippen LogP contribution in [0.25, 0.3) is 11.3 Å². The van der Waals surface area contributed by atoms with E-state index in [2.05, 4.69) is 15.2 Å². The molecule has 3 rings (SSSR count). The van der Waals surface area contributed by atoms with Gasteiger partial charge in [-0.1, -0.05) is 35.5 Å². The number of ether oxygens (including phenoxy) is 1. The van der Waals surface area contributed by atoms with Crippen LogP contribution in [0.3, 0.4) is 0 Å². The van der Waals surface area contributed by atoms with Crippen molar-refractivity contribution < 1.29 is 27.2 Å². The lowest BCUT2D eigenvalue weighted by molar-refractivity contribution is -0.274. The highest BCUT2D eigenvalue weighted by atomic mass is 19.4. The number of carbonyl (C=O) groups excluding carboxylic acids is 1. The van der Waals surface area contributed by atoms with Gasteiger partial charge in [-0.05, 0) is 56.5 Å². The minimum Gasteiger partial charge on any atom is -0.406 e. The molecule has 1 unspecified atom stereocenters. The van der Waals surface area contributed by atoms with Crippen molar-refractivity contribution in [2.75, 3.05) is 0 Å². The summed E-state index contributed by atoms with van der Waals surface area (Å²) in [7, 11) is 0. The lowest BCUT2D eigenvalue weighted by Gasteiger charge is -2.14. The van der Waals surface area contributed by atoms with Gasteiger partial charge in [-0.3, -0.25) is 4.79 Å². The number of carbonyl (C=O) groups is 1. The Morgan fingerprint density at radius 2 is 1.80 bits per heavy atom. The van der Waals surface area contributed by atoms with Crippen LogP contribution in [0.1, 0.15) is 35.0 Å². The summed E-state index contributed by atoms with van der Waals surface area (Å²) in [6.45, 7) is 3.55. The van der Waals surface area contributed by atoms with Gasteiger partial charge in [0, 0.05) is 11.6 Å². The van der Waals surface area contributed by atoms with Gasteiger partial charge in [-0.15, -0.1) is 13.2 Å². The first-order valence-electron chi connectivity index (χ1n) is 9.40. The maximum atomic E-state index is 12.8. The summed E-state index contributed by atoms with van der Waals surface area (Å²) in [6.07, 6.45) is -3.21. The Morgan fingerprint density at radius 1 is 1.13 bits per heavy atom. The number of nitrogens with zero attached hydrogens (tertiary/aromatic N) is 1. The normalized spacial score (nSPS) is 12.4. The lowest BCUT2D eigenvalue weighted by atomic mass is 10.0. The summed E-state index contributed by atoms with van der Waals surface area (Å²) in [5.74, 6) is -0.512. The third-order valence-electron chi connectivity index (χ3n) is 4.53. The molecule has 0 fully saturated rings. The molecule has 1 heterocycles. The molecule has 1 N–H and O–H groups in total. The number of hydrogen-bond acceptors (Lipinski definition) is 4. The van der Waals surface area contributed by atoms with Crippen LogP contribution in [0.2, 0.25) is 0 Å². The highest BCUT2D eigenvalue weighted by Crippen LogP contribution is 2.30. The number of alkyl halides is 3. The van der Waals surface area contributed by atoms with Crippen molar-refractivity contribution in [1.82, 2.24) is 10.5 Å². The van der Waals surface area contributed by atoms with E-state index >= 15 is 0 Å². The van der Waals surface area contributed by atoms with Crippen LogP contribution >= 0.6 is 0 Å². The van der Waals surface area contributed by atoms with Gasteiger partial charge in [0.1, 0.15) is 11.3 Å². The Labute approximate surface area is 171 Å². The monoisotopic (exact) mass is 418 g/mol. The molecule has 0 spiro atoms. The molecule has 8 heteroatoms. The Bertz CT molecular complexity index is 983. The SMILES string of the molecule is Cc1noc(-c2ccc(OC(F)(F)F)cc2)c1C(=O)NC(C)CCc1ccccc1. The quantitative estimate of drug-likeness (QED) is 0.566. The maximum absolute atomic E-state index is 12.8. The standard InChI is InChI=1S/C22H21F3N2O3/c1-14(8-9-16-6-4-3-5-7-16)26-21(28)19-15(2)27-30-20(19)17-10-12-18(13-11-17)29-22(23,24)25/h3-7,10-14H,8-9H2,1-2H3,(H,26,28). The predicted octanol–water partition coefficient (Wildman–Crippen LogP) is 5.30. The van der Waals surface area contributed by atoms with Crippen LogP contribution in [-0.2, 0) is 6.42 Å². The molecule has 2 aromatic carbocycles. The lowest BCUT2D eigenvalue weighted by Crippen LogP contribution is -2.33. The van der Waals surface area contributed by atoms with Gasteiger partial charge in [-0.25, -0.2) is 0 Å². The van der Waals surface area contributed by atoms with E-state index < -0.39 is 6.36 Å². The van der Waals surface area contributed by atoms with Crippen LogP contribution < -0.4 is 10.1 Å². The topological polar surface area (TPSA) is 64.4 Å². The number of halogens is 3. The molecule has 1 atom stereocenters. The van der Waals surface area contributed by atoms with Gasteiger partial charge in [0.25, 0.3) is 5.91 Å². The van der Waals surface area contributed by atoms with Crippen LogP contribution in [0.15, 0.2) is 59.1 Å². The first-order chi connectivity index (χ1) is 14.2. The van der Waals surface area contributed by atoms with Crippen molar-refractivity contribution >= 4 is 5.91 Å². The average molecular weight is 418 g/mol. The fourth-order valence-electron chi connectivity index (χ4n) is 3.04. The van der Waals surface area contributed by atoms with Crippen LogP contribution in [0.5, 0.6) is 5.75 Å². The minimum atomic E-state index is -4.77. The smallest absolute Gasteiger partial charge is 0.406 e. The van der Waals surface area contributed by atoms with E-state index in [9.17, 15) is 18.0 Å². The predicted molar refractivity (Wildman–Crippen MR) is 105 cm³/mol. The van der Waals surface area contributed by atoms with E-state index in [1.165, 1.54) is 17.7 Å². The molecule has 30 heavy (non-hydrogen) atoms. The molecule has 1 aromatic heterocycles. The molecule has 0 radical (unpaired) electrons. The van der Waals surface area contributed by atoms with E-state index in [4.69, 9.17) is 4.52 Å². The first kappa shape index (κ1) is 21.4. The molecule has 0 aliphatic heterocycles. The number of nitrogens with one attached hydrogen (secondary N) is 1. The molecule has 1 amide bonds. The molecular formula is C22H21F3N2O3. The van der Waals surface area contributed by atoms with Crippen LogP contribution in [0.4, 0.5) is 13.2 Å². The zero-order chi connectivity index (χ0) is 21.7. The van der Waals surface area contributed by atoms with Crippen molar-refractivity contribution in [2.24, 2.45) is 0 Å². The van der Waals surface area contributed by atoms with Crippen molar-refractivity contribution in [3.63, 3.8) is 0 Å². The summed E-state index contributed by atoms with van der Waals surface area (Å²) >= 11 is 0. The molecule has 0 aliphatic rings.